The Balaban J connectivity index is 1.76. The van der Waals surface area contributed by atoms with Gasteiger partial charge in [0, 0.05) is 47.4 Å². The lowest BCUT2D eigenvalue weighted by Crippen LogP contribution is -2.36. The lowest BCUT2D eigenvalue weighted by molar-refractivity contribution is -0.140. The number of dihydropyridines is 1. The fourth-order valence-electron chi connectivity index (χ4n) is 4.85. The lowest BCUT2D eigenvalue weighted by Gasteiger charge is -2.37. The maximum Gasteiger partial charge on any atom is 0.336 e. The fourth-order valence-corrected chi connectivity index (χ4v) is 5.05. The Labute approximate surface area is 204 Å². The Kier molecular flexibility index (Phi) is 7.39. The Morgan fingerprint density at radius 3 is 2.62 bits per heavy atom. The van der Waals surface area contributed by atoms with Gasteiger partial charge in [0.1, 0.15) is 12.4 Å². The van der Waals surface area contributed by atoms with Gasteiger partial charge in [0.15, 0.2) is 5.78 Å². The van der Waals surface area contributed by atoms with E-state index in [1.807, 2.05) is 43.3 Å². The SMILES string of the molecule is COCCOC(=O)C1=C(C)NC2=C(C(=O)C[C@@H](c3ccccc3OC)C2)[C@H]1c1cccc(Cl)c1. The van der Waals surface area contributed by atoms with Gasteiger partial charge in [-0.05, 0) is 42.7 Å². The zero-order valence-corrected chi connectivity index (χ0v) is 20.3. The van der Waals surface area contributed by atoms with Crippen LogP contribution in [0.5, 0.6) is 5.75 Å². The van der Waals surface area contributed by atoms with Crippen molar-refractivity contribution in [1.29, 1.82) is 0 Å². The van der Waals surface area contributed by atoms with E-state index < -0.39 is 11.9 Å². The minimum Gasteiger partial charge on any atom is -0.496 e. The van der Waals surface area contributed by atoms with Crippen molar-refractivity contribution in [1.82, 2.24) is 5.32 Å². The van der Waals surface area contributed by atoms with Crippen LogP contribution in [-0.2, 0) is 19.1 Å². The second kappa shape index (κ2) is 10.5. The van der Waals surface area contributed by atoms with Crippen molar-refractivity contribution in [3.05, 3.63) is 87.2 Å². The molecule has 0 unspecified atom stereocenters. The number of hydrogen-bond donors (Lipinski definition) is 1. The summed E-state index contributed by atoms with van der Waals surface area (Å²) in [6.07, 6.45) is 0.949. The van der Waals surface area contributed by atoms with Gasteiger partial charge in [-0.1, -0.05) is 41.9 Å². The third-order valence-corrected chi connectivity index (χ3v) is 6.56. The van der Waals surface area contributed by atoms with Crippen LogP contribution in [0.4, 0.5) is 0 Å². The highest BCUT2D eigenvalue weighted by Crippen LogP contribution is 2.47. The maximum absolute atomic E-state index is 13.6. The van der Waals surface area contributed by atoms with Crippen molar-refractivity contribution in [2.24, 2.45) is 0 Å². The molecule has 6 nitrogen and oxygen atoms in total. The first kappa shape index (κ1) is 24.0. The second-order valence-electron chi connectivity index (χ2n) is 8.44. The number of carbonyl (C=O) groups excluding carboxylic acids is 2. The van der Waals surface area contributed by atoms with E-state index in [2.05, 4.69) is 5.32 Å². The molecule has 178 valence electrons. The van der Waals surface area contributed by atoms with Gasteiger partial charge in [-0.3, -0.25) is 4.79 Å². The monoisotopic (exact) mass is 481 g/mol. The molecule has 7 heteroatoms. The van der Waals surface area contributed by atoms with E-state index in [1.54, 1.807) is 26.4 Å². The largest absolute Gasteiger partial charge is 0.496 e. The molecule has 1 N–H and O–H groups in total. The number of ketones is 1. The number of benzene rings is 2. The topological polar surface area (TPSA) is 73.9 Å². The number of carbonyl (C=O) groups is 2. The average molecular weight is 482 g/mol. The average Bonchev–Trinajstić information content (AvgIpc) is 2.83. The van der Waals surface area contributed by atoms with Crippen LogP contribution in [0.15, 0.2) is 71.1 Å². The second-order valence-corrected chi connectivity index (χ2v) is 8.88. The van der Waals surface area contributed by atoms with Gasteiger partial charge in [0.25, 0.3) is 0 Å². The molecule has 2 atom stereocenters. The van der Waals surface area contributed by atoms with Crippen LogP contribution in [0.25, 0.3) is 0 Å². The van der Waals surface area contributed by atoms with Crippen LogP contribution in [0.3, 0.4) is 0 Å². The van der Waals surface area contributed by atoms with Gasteiger partial charge >= 0.3 is 5.97 Å². The molecular formula is C27H28ClNO5. The summed E-state index contributed by atoms with van der Waals surface area (Å²) >= 11 is 6.30. The standard InChI is InChI=1S/C27H28ClNO5/c1-16-24(27(31)34-12-11-32-2)25(17-7-6-8-19(28)13-17)26-21(29-16)14-18(15-22(26)30)20-9-4-5-10-23(20)33-3/h4-10,13,18,25,29H,11-12,14-15H2,1-3H3/t18-,25-/m0/s1. The van der Waals surface area contributed by atoms with Crippen LogP contribution in [0.2, 0.25) is 5.02 Å². The molecule has 34 heavy (non-hydrogen) atoms. The Morgan fingerprint density at radius 1 is 1.09 bits per heavy atom. The summed E-state index contributed by atoms with van der Waals surface area (Å²) in [6, 6.07) is 15.1. The summed E-state index contributed by atoms with van der Waals surface area (Å²) < 4.78 is 16.0. The summed E-state index contributed by atoms with van der Waals surface area (Å²) in [5.41, 5.74) is 4.28. The highest BCUT2D eigenvalue weighted by molar-refractivity contribution is 6.30. The summed E-state index contributed by atoms with van der Waals surface area (Å²) in [6.45, 7) is 2.26. The van der Waals surface area contributed by atoms with Crippen LogP contribution in [0, 0.1) is 0 Å². The van der Waals surface area contributed by atoms with E-state index in [-0.39, 0.29) is 18.3 Å². The third-order valence-electron chi connectivity index (χ3n) is 6.33. The smallest absolute Gasteiger partial charge is 0.336 e. The first-order valence-corrected chi connectivity index (χ1v) is 11.6. The molecule has 1 aliphatic heterocycles. The first-order chi connectivity index (χ1) is 16.4. The molecule has 0 radical (unpaired) electrons. The Hall–Kier alpha value is -3.09. The lowest BCUT2D eigenvalue weighted by atomic mass is 9.71. The van der Waals surface area contributed by atoms with Gasteiger partial charge in [-0.25, -0.2) is 4.79 Å². The maximum atomic E-state index is 13.6. The quantitative estimate of drug-likeness (QED) is 0.448. The van der Waals surface area contributed by atoms with E-state index in [0.717, 1.165) is 22.6 Å². The molecule has 0 spiro atoms. The van der Waals surface area contributed by atoms with Crippen molar-refractivity contribution in [3.63, 3.8) is 0 Å². The molecule has 2 aliphatic rings. The van der Waals surface area contributed by atoms with Gasteiger partial charge < -0.3 is 19.5 Å². The summed E-state index contributed by atoms with van der Waals surface area (Å²) in [5.74, 6) is -0.308. The minimum absolute atomic E-state index is 0.00989. The molecule has 0 saturated carbocycles. The van der Waals surface area contributed by atoms with Crippen molar-refractivity contribution >= 4 is 23.4 Å². The van der Waals surface area contributed by atoms with Crippen LogP contribution >= 0.6 is 11.6 Å². The van der Waals surface area contributed by atoms with E-state index in [4.69, 9.17) is 25.8 Å². The number of allylic oxidation sites excluding steroid dienone is 3. The highest BCUT2D eigenvalue weighted by atomic mass is 35.5. The zero-order valence-electron chi connectivity index (χ0n) is 19.5. The molecule has 1 heterocycles. The number of esters is 1. The fraction of sp³-hybridized carbons (Fsp3) is 0.333. The molecule has 4 rings (SSSR count). The number of methoxy groups -OCH3 is 2. The zero-order chi connectivity index (χ0) is 24.2. The molecule has 0 bridgehead atoms. The van der Waals surface area contributed by atoms with Gasteiger partial charge in [0.05, 0.1) is 19.3 Å². The van der Waals surface area contributed by atoms with E-state index in [1.165, 1.54) is 0 Å². The van der Waals surface area contributed by atoms with Crippen LogP contribution < -0.4 is 10.1 Å². The summed E-state index contributed by atoms with van der Waals surface area (Å²) in [4.78, 5) is 26.8. The number of ether oxygens (including phenoxy) is 3. The van der Waals surface area contributed by atoms with Crippen molar-refractivity contribution in [2.45, 2.75) is 31.6 Å². The molecule has 2 aromatic rings. The molecule has 0 aromatic heterocycles. The molecule has 0 saturated heterocycles. The number of para-hydroxylation sites is 1. The minimum atomic E-state index is -0.559. The Bertz CT molecular complexity index is 1170. The van der Waals surface area contributed by atoms with Crippen molar-refractivity contribution < 1.29 is 23.8 Å². The number of nitrogens with one attached hydrogen (secondary N) is 1. The normalized spacial score (nSPS) is 20.1. The van der Waals surface area contributed by atoms with Gasteiger partial charge in [-0.15, -0.1) is 0 Å². The van der Waals surface area contributed by atoms with Crippen LogP contribution in [0.1, 0.15) is 42.7 Å². The van der Waals surface area contributed by atoms with E-state index >= 15 is 0 Å². The molecule has 0 fully saturated rings. The Morgan fingerprint density at radius 2 is 1.88 bits per heavy atom. The highest BCUT2D eigenvalue weighted by Gasteiger charge is 2.41. The van der Waals surface area contributed by atoms with E-state index in [9.17, 15) is 9.59 Å². The molecular weight excluding hydrogens is 454 g/mol. The summed E-state index contributed by atoms with van der Waals surface area (Å²) in [7, 11) is 3.18. The number of rotatable bonds is 7. The van der Waals surface area contributed by atoms with Crippen LogP contribution in [-0.4, -0.2) is 39.2 Å². The van der Waals surface area contributed by atoms with E-state index in [0.29, 0.717) is 41.3 Å². The number of hydrogen-bond acceptors (Lipinski definition) is 6. The molecule has 0 amide bonds. The van der Waals surface area contributed by atoms with Crippen molar-refractivity contribution in [2.75, 3.05) is 27.4 Å². The predicted octanol–water partition coefficient (Wildman–Crippen LogP) is 4.90. The summed E-state index contributed by atoms with van der Waals surface area (Å²) in [5, 5.41) is 3.89. The molecule has 2 aromatic carbocycles. The number of Topliss-reactive ketones (excluding diaryl/α,β-unsaturated/α-hetero) is 1. The third kappa shape index (κ3) is 4.74. The van der Waals surface area contributed by atoms with Gasteiger partial charge in [-0.2, -0.15) is 0 Å². The molecule has 1 aliphatic carbocycles. The van der Waals surface area contributed by atoms with Gasteiger partial charge in [0.2, 0.25) is 0 Å². The predicted molar refractivity (Wildman–Crippen MR) is 130 cm³/mol. The number of halogens is 1. The first-order valence-electron chi connectivity index (χ1n) is 11.2. The van der Waals surface area contributed by atoms with Crippen molar-refractivity contribution in [3.8, 4) is 5.75 Å².